The Labute approximate surface area is 108 Å². The molecule has 0 saturated heterocycles. The lowest BCUT2D eigenvalue weighted by Gasteiger charge is -2.34. The van der Waals surface area contributed by atoms with Crippen LogP contribution in [0.2, 0.25) is 0 Å². The van der Waals surface area contributed by atoms with Gasteiger partial charge in [0.1, 0.15) is 11.4 Å². The van der Waals surface area contributed by atoms with Crippen molar-refractivity contribution in [2.45, 2.75) is 44.7 Å². The zero-order valence-corrected chi connectivity index (χ0v) is 10.7. The minimum absolute atomic E-state index is 0.206. The Morgan fingerprint density at radius 3 is 2.67 bits per heavy atom. The minimum atomic E-state index is -0.464. The van der Waals surface area contributed by atoms with Gasteiger partial charge in [0, 0.05) is 12.1 Å². The molecule has 1 aromatic rings. The van der Waals surface area contributed by atoms with E-state index in [0.29, 0.717) is 18.0 Å². The maximum Gasteiger partial charge on any atom is 0.127 e. The highest BCUT2D eigenvalue weighted by Gasteiger charge is 2.33. The number of halogens is 1. The second kappa shape index (κ2) is 5.49. The average Bonchev–Trinajstić information content (AvgIpc) is 2.40. The van der Waals surface area contributed by atoms with E-state index in [-0.39, 0.29) is 5.82 Å². The fraction of sp³-hybridized carbons (Fsp3) is 0.533. The number of benzene rings is 1. The Hall–Kier alpha value is -1.40. The highest BCUT2D eigenvalue weighted by Crippen LogP contribution is 2.31. The molecule has 1 fully saturated rings. The highest BCUT2D eigenvalue weighted by atomic mass is 19.1. The molecule has 0 unspecified atom stereocenters. The molecule has 0 bridgehead atoms. The van der Waals surface area contributed by atoms with Crippen molar-refractivity contribution in [3.63, 3.8) is 0 Å². The standard InChI is InChI=1S/C15H19FN2/c1-12-6-8-15(11-17,9-7-12)18-10-13-4-2-3-5-14(13)16/h2-5,12,18H,6-10H2,1H3. The molecular formula is C15H19FN2. The van der Waals surface area contributed by atoms with Gasteiger partial charge in [-0.1, -0.05) is 25.1 Å². The average molecular weight is 246 g/mol. The summed E-state index contributed by atoms with van der Waals surface area (Å²) in [4.78, 5) is 0. The third-order valence-corrected chi connectivity index (χ3v) is 3.92. The Morgan fingerprint density at radius 1 is 1.39 bits per heavy atom. The largest absolute Gasteiger partial charge is 0.295 e. The van der Waals surface area contributed by atoms with Crippen molar-refractivity contribution in [3.05, 3.63) is 35.6 Å². The molecule has 96 valence electrons. The fourth-order valence-corrected chi connectivity index (χ4v) is 2.49. The smallest absolute Gasteiger partial charge is 0.127 e. The molecule has 0 amide bonds. The second-order valence-corrected chi connectivity index (χ2v) is 5.32. The van der Waals surface area contributed by atoms with Gasteiger partial charge in [-0.25, -0.2) is 4.39 Å². The number of rotatable bonds is 3. The quantitative estimate of drug-likeness (QED) is 0.887. The second-order valence-electron chi connectivity index (χ2n) is 5.32. The molecule has 1 N–H and O–H groups in total. The number of nitrogens with zero attached hydrogens (tertiary/aromatic N) is 1. The van der Waals surface area contributed by atoms with Gasteiger partial charge in [0.15, 0.2) is 0 Å². The van der Waals surface area contributed by atoms with Crippen molar-refractivity contribution < 1.29 is 4.39 Å². The van der Waals surface area contributed by atoms with E-state index in [2.05, 4.69) is 18.3 Å². The molecule has 0 heterocycles. The van der Waals surface area contributed by atoms with E-state index in [1.165, 1.54) is 6.07 Å². The molecule has 2 rings (SSSR count). The first-order valence-electron chi connectivity index (χ1n) is 6.55. The molecule has 0 aliphatic heterocycles. The van der Waals surface area contributed by atoms with Crippen molar-refractivity contribution in [1.82, 2.24) is 5.32 Å². The Balaban J connectivity index is 2.00. The maximum absolute atomic E-state index is 13.5. The molecular weight excluding hydrogens is 227 g/mol. The minimum Gasteiger partial charge on any atom is -0.295 e. The summed E-state index contributed by atoms with van der Waals surface area (Å²) in [5.41, 5.74) is 0.167. The van der Waals surface area contributed by atoms with Crippen LogP contribution in [0.3, 0.4) is 0 Å². The summed E-state index contributed by atoms with van der Waals surface area (Å²) in [5, 5.41) is 12.6. The van der Waals surface area contributed by atoms with E-state index in [0.717, 1.165) is 25.7 Å². The third kappa shape index (κ3) is 2.88. The van der Waals surface area contributed by atoms with Crippen molar-refractivity contribution in [3.8, 4) is 6.07 Å². The van der Waals surface area contributed by atoms with Gasteiger partial charge in [0.25, 0.3) is 0 Å². The molecule has 3 heteroatoms. The lowest BCUT2D eigenvalue weighted by atomic mass is 9.78. The van der Waals surface area contributed by atoms with Gasteiger partial charge in [-0.05, 0) is 37.7 Å². The molecule has 2 nitrogen and oxygen atoms in total. The predicted molar refractivity (Wildman–Crippen MR) is 69.2 cm³/mol. The zero-order valence-electron chi connectivity index (χ0n) is 10.7. The van der Waals surface area contributed by atoms with Gasteiger partial charge in [0.2, 0.25) is 0 Å². The summed E-state index contributed by atoms with van der Waals surface area (Å²) >= 11 is 0. The van der Waals surface area contributed by atoms with E-state index >= 15 is 0 Å². The van der Waals surface area contributed by atoms with E-state index in [1.54, 1.807) is 12.1 Å². The first-order chi connectivity index (χ1) is 8.65. The highest BCUT2D eigenvalue weighted by molar-refractivity contribution is 5.19. The van der Waals surface area contributed by atoms with Crippen LogP contribution >= 0.6 is 0 Å². The van der Waals surface area contributed by atoms with Gasteiger partial charge >= 0.3 is 0 Å². The van der Waals surface area contributed by atoms with Crippen LogP contribution in [0.1, 0.15) is 38.2 Å². The summed E-state index contributed by atoms with van der Waals surface area (Å²) in [5.74, 6) is 0.490. The number of hydrogen-bond donors (Lipinski definition) is 1. The topological polar surface area (TPSA) is 35.8 Å². The molecule has 0 spiro atoms. The van der Waals surface area contributed by atoms with Gasteiger partial charge in [0.05, 0.1) is 6.07 Å². The van der Waals surface area contributed by atoms with Crippen molar-refractivity contribution >= 4 is 0 Å². The Kier molecular flexibility index (Phi) is 3.98. The van der Waals surface area contributed by atoms with E-state index < -0.39 is 5.54 Å². The molecule has 1 saturated carbocycles. The van der Waals surface area contributed by atoms with Gasteiger partial charge < -0.3 is 0 Å². The molecule has 0 aromatic heterocycles. The van der Waals surface area contributed by atoms with Crippen LogP contribution in [0.15, 0.2) is 24.3 Å². The Bertz CT molecular complexity index is 442. The van der Waals surface area contributed by atoms with Crippen LogP contribution in [0.25, 0.3) is 0 Å². The fourth-order valence-electron chi connectivity index (χ4n) is 2.49. The van der Waals surface area contributed by atoms with Crippen LogP contribution in [0, 0.1) is 23.1 Å². The normalized spacial score (nSPS) is 27.7. The summed E-state index contributed by atoms with van der Waals surface area (Å²) in [7, 11) is 0. The van der Waals surface area contributed by atoms with Gasteiger partial charge in [-0.2, -0.15) is 5.26 Å². The van der Waals surface area contributed by atoms with E-state index in [9.17, 15) is 9.65 Å². The van der Waals surface area contributed by atoms with Crippen LogP contribution in [-0.4, -0.2) is 5.54 Å². The van der Waals surface area contributed by atoms with E-state index in [1.807, 2.05) is 6.07 Å². The van der Waals surface area contributed by atoms with Crippen molar-refractivity contribution in [1.29, 1.82) is 5.26 Å². The number of nitrogens with one attached hydrogen (secondary N) is 1. The number of nitriles is 1. The zero-order chi connectivity index (χ0) is 13.0. The molecule has 1 aliphatic carbocycles. The predicted octanol–water partition coefficient (Wildman–Crippen LogP) is 3.39. The molecule has 0 atom stereocenters. The van der Waals surface area contributed by atoms with Crippen LogP contribution < -0.4 is 5.32 Å². The summed E-state index contributed by atoms with van der Waals surface area (Å²) in [6.07, 6.45) is 3.86. The van der Waals surface area contributed by atoms with E-state index in [4.69, 9.17) is 0 Å². The summed E-state index contributed by atoms with van der Waals surface area (Å²) in [6, 6.07) is 9.12. The van der Waals surface area contributed by atoms with Crippen LogP contribution in [-0.2, 0) is 6.54 Å². The molecule has 0 radical (unpaired) electrons. The molecule has 1 aromatic carbocycles. The van der Waals surface area contributed by atoms with Crippen molar-refractivity contribution in [2.24, 2.45) is 5.92 Å². The van der Waals surface area contributed by atoms with Crippen LogP contribution in [0.4, 0.5) is 4.39 Å². The summed E-state index contributed by atoms with van der Waals surface area (Å²) < 4.78 is 13.5. The summed E-state index contributed by atoms with van der Waals surface area (Å²) in [6.45, 7) is 2.65. The first kappa shape index (κ1) is 13.0. The Morgan fingerprint density at radius 2 is 2.06 bits per heavy atom. The van der Waals surface area contributed by atoms with Gasteiger partial charge in [-0.3, -0.25) is 5.32 Å². The third-order valence-electron chi connectivity index (χ3n) is 3.92. The van der Waals surface area contributed by atoms with Crippen molar-refractivity contribution in [2.75, 3.05) is 0 Å². The molecule has 18 heavy (non-hydrogen) atoms. The van der Waals surface area contributed by atoms with Gasteiger partial charge in [-0.15, -0.1) is 0 Å². The molecule has 1 aliphatic rings. The van der Waals surface area contributed by atoms with Crippen LogP contribution in [0.5, 0.6) is 0 Å². The lowest BCUT2D eigenvalue weighted by molar-refractivity contribution is 0.247. The SMILES string of the molecule is CC1CCC(C#N)(NCc2ccccc2F)CC1. The maximum atomic E-state index is 13.5. The monoisotopic (exact) mass is 246 g/mol. The number of hydrogen-bond acceptors (Lipinski definition) is 2. The lowest BCUT2D eigenvalue weighted by Crippen LogP contribution is -2.46. The first-order valence-corrected chi connectivity index (χ1v) is 6.55.